The summed E-state index contributed by atoms with van der Waals surface area (Å²) in [6.07, 6.45) is 3.28. The van der Waals surface area contributed by atoms with Gasteiger partial charge in [-0.2, -0.15) is 0 Å². The SMILES string of the molecule is C[C@@H]1N=CN2C[C@@H](C(=O)NS(C)(=O)=O)CC2=C1I. The Balaban J connectivity index is 2.13. The zero-order valence-electron chi connectivity index (χ0n) is 10.1. The maximum atomic E-state index is 11.8. The average molecular weight is 383 g/mol. The van der Waals surface area contributed by atoms with Gasteiger partial charge in [0.25, 0.3) is 0 Å². The first-order valence-corrected chi connectivity index (χ1v) is 8.45. The van der Waals surface area contributed by atoms with Crippen LogP contribution >= 0.6 is 22.6 Å². The fourth-order valence-corrected chi connectivity index (χ4v) is 3.27. The standard InChI is InChI=1S/C10H14IN3O3S/c1-6-9(11)8-3-7(4-14(8)5-12-6)10(15)13-18(2,16)17/h5-7H,3-4H2,1-2H3,(H,13,15)/t6-,7-/m0/s1. The van der Waals surface area contributed by atoms with Crippen LogP contribution in [0.15, 0.2) is 14.3 Å². The van der Waals surface area contributed by atoms with Crippen molar-refractivity contribution in [3.8, 4) is 0 Å². The van der Waals surface area contributed by atoms with Gasteiger partial charge in [0, 0.05) is 22.2 Å². The number of nitrogens with one attached hydrogen (secondary N) is 1. The minimum atomic E-state index is -3.49. The van der Waals surface area contributed by atoms with E-state index in [1.165, 1.54) is 0 Å². The second-order valence-electron chi connectivity index (χ2n) is 4.53. The highest BCUT2D eigenvalue weighted by molar-refractivity contribution is 14.1. The van der Waals surface area contributed by atoms with Crippen LogP contribution in [0.4, 0.5) is 0 Å². The van der Waals surface area contributed by atoms with Crippen LogP contribution in [-0.2, 0) is 14.8 Å². The summed E-state index contributed by atoms with van der Waals surface area (Å²) in [5.41, 5.74) is 1.08. The van der Waals surface area contributed by atoms with E-state index < -0.39 is 15.9 Å². The summed E-state index contributed by atoms with van der Waals surface area (Å²) < 4.78 is 25.2. The maximum Gasteiger partial charge on any atom is 0.238 e. The molecule has 2 rings (SSSR count). The number of halogens is 1. The fraction of sp³-hybridized carbons (Fsp3) is 0.600. The molecule has 0 aromatic carbocycles. The summed E-state index contributed by atoms with van der Waals surface area (Å²) >= 11 is 2.24. The van der Waals surface area contributed by atoms with Gasteiger partial charge in [-0.3, -0.25) is 14.5 Å². The van der Waals surface area contributed by atoms with Crippen molar-refractivity contribution in [3.63, 3.8) is 0 Å². The number of amides is 1. The summed E-state index contributed by atoms with van der Waals surface area (Å²) in [5.74, 6) is -0.777. The van der Waals surface area contributed by atoms with Crippen LogP contribution in [0, 0.1) is 5.92 Å². The number of sulfonamides is 1. The van der Waals surface area contributed by atoms with Crippen LogP contribution in [-0.4, -0.2) is 44.4 Å². The molecule has 8 heteroatoms. The highest BCUT2D eigenvalue weighted by atomic mass is 127. The summed E-state index contributed by atoms with van der Waals surface area (Å²) in [7, 11) is -3.49. The van der Waals surface area contributed by atoms with Crippen molar-refractivity contribution in [2.24, 2.45) is 10.9 Å². The minimum Gasteiger partial charge on any atom is -0.335 e. The van der Waals surface area contributed by atoms with Crippen LogP contribution in [0.1, 0.15) is 13.3 Å². The molecular formula is C10H14IN3O3S. The molecule has 0 bridgehead atoms. The van der Waals surface area contributed by atoms with Crippen molar-refractivity contribution in [2.45, 2.75) is 19.4 Å². The maximum absolute atomic E-state index is 11.8. The number of carbonyl (C=O) groups excluding carboxylic acids is 1. The lowest BCUT2D eigenvalue weighted by Crippen LogP contribution is -2.36. The Hall–Kier alpha value is -0.640. The first-order chi connectivity index (χ1) is 8.28. The van der Waals surface area contributed by atoms with Gasteiger partial charge in [0.2, 0.25) is 15.9 Å². The zero-order valence-corrected chi connectivity index (χ0v) is 13.0. The van der Waals surface area contributed by atoms with Gasteiger partial charge in [-0.05, 0) is 29.5 Å². The molecule has 0 unspecified atom stereocenters. The monoisotopic (exact) mass is 383 g/mol. The summed E-state index contributed by atoms with van der Waals surface area (Å²) in [5, 5.41) is 0. The second kappa shape index (κ2) is 4.80. The Morgan fingerprint density at radius 3 is 2.89 bits per heavy atom. The van der Waals surface area contributed by atoms with Crippen LogP contribution in [0.3, 0.4) is 0 Å². The molecule has 0 aromatic rings. The normalized spacial score (nSPS) is 27.4. The Labute approximate surface area is 120 Å². The molecule has 0 radical (unpaired) electrons. The quantitative estimate of drug-likeness (QED) is 0.703. The van der Waals surface area contributed by atoms with Crippen molar-refractivity contribution < 1.29 is 13.2 Å². The molecule has 0 aliphatic carbocycles. The molecule has 1 amide bonds. The third-order valence-corrected chi connectivity index (χ3v) is 5.03. The van der Waals surface area contributed by atoms with E-state index in [9.17, 15) is 13.2 Å². The van der Waals surface area contributed by atoms with Gasteiger partial charge in [0.15, 0.2) is 0 Å². The van der Waals surface area contributed by atoms with Crippen LogP contribution in [0.5, 0.6) is 0 Å². The molecule has 1 N–H and O–H groups in total. The van der Waals surface area contributed by atoms with E-state index in [1.807, 2.05) is 16.5 Å². The van der Waals surface area contributed by atoms with Crippen molar-refractivity contribution in [1.82, 2.24) is 9.62 Å². The number of hydrogen-bond donors (Lipinski definition) is 1. The third-order valence-electron chi connectivity index (χ3n) is 2.93. The summed E-state index contributed by atoms with van der Waals surface area (Å²) in [4.78, 5) is 18.0. The van der Waals surface area contributed by atoms with E-state index in [-0.39, 0.29) is 12.0 Å². The molecule has 2 atom stereocenters. The number of carbonyl (C=O) groups is 1. The van der Waals surface area contributed by atoms with Gasteiger partial charge < -0.3 is 4.90 Å². The lowest BCUT2D eigenvalue weighted by molar-refractivity contribution is -0.122. The first-order valence-electron chi connectivity index (χ1n) is 5.48. The Morgan fingerprint density at radius 2 is 2.28 bits per heavy atom. The Morgan fingerprint density at radius 1 is 1.61 bits per heavy atom. The van der Waals surface area contributed by atoms with Crippen LogP contribution < -0.4 is 4.72 Å². The molecule has 0 saturated carbocycles. The predicted octanol–water partition coefficient (Wildman–Crippen LogP) is 0.461. The van der Waals surface area contributed by atoms with E-state index in [2.05, 4.69) is 27.6 Å². The topological polar surface area (TPSA) is 78.8 Å². The molecule has 0 spiro atoms. The van der Waals surface area contributed by atoms with E-state index in [0.29, 0.717) is 13.0 Å². The smallest absolute Gasteiger partial charge is 0.238 e. The van der Waals surface area contributed by atoms with Gasteiger partial charge in [-0.15, -0.1) is 0 Å². The average Bonchev–Trinajstić information content (AvgIpc) is 2.66. The molecular weight excluding hydrogens is 369 g/mol. The largest absolute Gasteiger partial charge is 0.335 e. The molecule has 0 aromatic heterocycles. The number of aliphatic imine (C=N–C) groups is 1. The van der Waals surface area contributed by atoms with Gasteiger partial charge >= 0.3 is 0 Å². The van der Waals surface area contributed by atoms with E-state index in [0.717, 1.165) is 15.5 Å². The van der Waals surface area contributed by atoms with Crippen molar-refractivity contribution >= 4 is 44.9 Å². The van der Waals surface area contributed by atoms with Gasteiger partial charge in [-0.25, -0.2) is 8.42 Å². The predicted molar refractivity (Wildman–Crippen MR) is 76.8 cm³/mol. The van der Waals surface area contributed by atoms with E-state index in [1.54, 1.807) is 6.34 Å². The fourth-order valence-electron chi connectivity index (χ4n) is 2.04. The summed E-state index contributed by atoms with van der Waals surface area (Å²) in [6.45, 7) is 2.48. The summed E-state index contributed by atoms with van der Waals surface area (Å²) in [6, 6.07) is 0.119. The van der Waals surface area contributed by atoms with Crippen molar-refractivity contribution in [2.75, 3.05) is 12.8 Å². The lowest BCUT2D eigenvalue weighted by atomic mass is 10.1. The molecule has 100 valence electrons. The van der Waals surface area contributed by atoms with Gasteiger partial charge in [-0.1, -0.05) is 0 Å². The van der Waals surface area contributed by atoms with Crippen LogP contribution in [0.2, 0.25) is 0 Å². The molecule has 1 fully saturated rings. The highest BCUT2D eigenvalue weighted by Crippen LogP contribution is 2.35. The first kappa shape index (κ1) is 13.8. The minimum absolute atomic E-state index is 0.119. The third kappa shape index (κ3) is 2.85. The molecule has 2 aliphatic heterocycles. The molecule has 2 heterocycles. The van der Waals surface area contributed by atoms with Crippen molar-refractivity contribution in [1.29, 1.82) is 0 Å². The van der Waals surface area contributed by atoms with E-state index in [4.69, 9.17) is 0 Å². The Kier molecular flexibility index (Phi) is 3.67. The van der Waals surface area contributed by atoms with E-state index >= 15 is 0 Å². The van der Waals surface area contributed by atoms with Gasteiger partial charge in [0.05, 0.1) is 24.6 Å². The molecule has 2 aliphatic rings. The number of rotatable bonds is 2. The molecule has 6 nitrogen and oxygen atoms in total. The van der Waals surface area contributed by atoms with Gasteiger partial charge in [0.1, 0.15) is 0 Å². The zero-order chi connectivity index (χ0) is 13.5. The number of hydrogen-bond acceptors (Lipinski definition) is 5. The number of nitrogens with zero attached hydrogens (tertiary/aromatic N) is 2. The second-order valence-corrected chi connectivity index (χ2v) is 7.44. The molecule has 1 saturated heterocycles. The number of allylic oxidation sites excluding steroid dienone is 1. The highest BCUT2D eigenvalue weighted by Gasteiger charge is 2.35. The Bertz CT molecular complexity index is 541. The van der Waals surface area contributed by atoms with Crippen LogP contribution in [0.25, 0.3) is 0 Å². The van der Waals surface area contributed by atoms with Crippen molar-refractivity contribution in [3.05, 3.63) is 9.28 Å². The number of fused-ring (bicyclic) bond motifs is 1. The lowest BCUT2D eigenvalue weighted by Gasteiger charge is -2.22. The molecule has 18 heavy (non-hydrogen) atoms.